The molecule has 1 amide bonds. The van der Waals surface area contributed by atoms with E-state index in [2.05, 4.69) is 15.3 Å². The average Bonchev–Trinajstić information content (AvgIpc) is 2.45. The number of carbonyl (C=O) groups is 1. The number of nitrogens with two attached hydrogens (primary N) is 1. The molecule has 0 aliphatic carbocycles. The fraction of sp³-hybridized carbons (Fsp3) is 0.0833. The second-order valence-electron chi connectivity index (χ2n) is 4.19. The Hall–Kier alpha value is -2.40. The standard InChI is InChI=1S/C12H13N5O4S/c13-9-5-10(18)16-12(15-9)22-6-11(19)14-7-1-3-8(4-2-7)17(20)21/h1-5,17,20H,6H2,(H,14,19)(H3,13,15,16,18). The first-order valence-corrected chi connectivity index (χ1v) is 7.05. The van der Waals surface area contributed by atoms with Crippen LogP contribution < -0.4 is 21.8 Å². The topological polar surface area (TPSA) is 149 Å². The molecule has 1 atom stereocenters. The summed E-state index contributed by atoms with van der Waals surface area (Å²) in [7, 11) is 0. The molecule has 1 aromatic heterocycles. The van der Waals surface area contributed by atoms with Gasteiger partial charge in [-0.15, -0.1) is 0 Å². The number of nitrogen functional groups attached to an aromatic ring is 1. The summed E-state index contributed by atoms with van der Waals surface area (Å²) >= 11 is 1.03. The average molecular weight is 323 g/mol. The number of thioether (sulfide) groups is 1. The first-order chi connectivity index (χ1) is 10.4. The molecule has 6 N–H and O–H groups in total. The maximum absolute atomic E-state index is 11.8. The largest absolute Gasteiger partial charge is 0.595 e. The van der Waals surface area contributed by atoms with Gasteiger partial charge < -0.3 is 21.2 Å². The zero-order valence-electron chi connectivity index (χ0n) is 11.2. The third-order valence-corrected chi connectivity index (χ3v) is 3.37. The number of benzene rings is 1. The number of hydrogen-bond donors (Lipinski definition) is 5. The van der Waals surface area contributed by atoms with Crippen molar-refractivity contribution in [2.45, 2.75) is 5.16 Å². The molecule has 0 bridgehead atoms. The molecule has 0 aliphatic rings. The van der Waals surface area contributed by atoms with E-state index in [0.29, 0.717) is 5.69 Å². The van der Waals surface area contributed by atoms with Gasteiger partial charge >= 0.3 is 0 Å². The van der Waals surface area contributed by atoms with Crippen molar-refractivity contribution in [1.82, 2.24) is 9.97 Å². The molecule has 22 heavy (non-hydrogen) atoms. The second-order valence-corrected chi connectivity index (χ2v) is 5.16. The Morgan fingerprint density at radius 1 is 1.45 bits per heavy atom. The van der Waals surface area contributed by atoms with E-state index in [1.54, 1.807) is 0 Å². The highest BCUT2D eigenvalue weighted by Gasteiger charge is 2.07. The Morgan fingerprint density at radius 3 is 2.73 bits per heavy atom. The van der Waals surface area contributed by atoms with Crippen LogP contribution in [-0.2, 0) is 4.79 Å². The Labute approximate surface area is 128 Å². The SMILES string of the molecule is Nc1cc(=O)[nH]c(SCC(=O)Nc2ccc([NH+]([O-])O)cc2)n1. The van der Waals surface area contributed by atoms with Gasteiger partial charge in [0.05, 0.1) is 5.75 Å². The van der Waals surface area contributed by atoms with Gasteiger partial charge in [0.2, 0.25) is 5.91 Å². The molecular formula is C12H13N5O4S. The van der Waals surface area contributed by atoms with Crippen LogP contribution in [0.1, 0.15) is 0 Å². The third-order valence-electron chi connectivity index (χ3n) is 2.50. The second kappa shape index (κ2) is 7.04. The number of carbonyl (C=O) groups excluding carboxylic acids is 1. The number of H-pyrrole nitrogens is 1. The Kier molecular flexibility index (Phi) is 5.12. The van der Waals surface area contributed by atoms with Crippen LogP contribution in [0.2, 0.25) is 0 Å². The smallest absolute Gasteiger partial charge is 0.253 e. The summed E-state index contributed by atoms with van der Waals surface area (Å²) in [5.41, 5.74) is 5.66. The Bertz CT molecular complexity index is 716. The molecule has 0 saturated heterocycles. The van der Waals surface area contributed by atoms with Gasteiger partial charge in [0.25, 0.3) is 5.56 Å². The van der Waals surface area contributed by atoms with Crippen molar-refractivity contribution >= 4 is 34.9 Å². The molecule has 0 radical (unpaired) electrons. The lowest BCUT2D eigenvalue weighted by Gasteiger charge is -2.11. The maximum atomic E-state index is 11.8. The van der Waals surface area contributed by atoms with Crippen molar-refractivity contribution in [3.05, 3.63) is 45.9 Å². The monoisotopic (exact) mass is 323 g/mol. The van der Waals surface area contributed by atoms with Crippen LogP contribution in [0.25, 0.3) is 0 Å². The normalized spacial score (nSPS) is 11.9. The van der Waals surface area contributed by atoms with Crippen molar-refractivity contribution in [3.63, 3.8) is 0 Å². The van der Waals surface area contributed by atoms with E-state index in [0.717, 1.165) is 17.8 Å². The number of anilines is 2. The lowest BCUT2D eigenvalue weighted by Crippen LogP contribution is -2.99. The van der Waals surface area contributed by atoms with E-state index >= 15 is 0 Å². The van der Waals surface area contributed by atoms with Crippen LogP contribution >= 0.6 is 11.8 Å². The van der Waals surface area contributed by atoms with Crippen LogP contribution in [-0.4, -0.2) is 26.8 Å². The molecule has 116 valence electrons. The number of amides is 1. The Balaban J connectivity index is 1.91. The van der Waals surface area contributed by atoms with Gasteiger partial charge in [-0.05, 0) is 12.1 Å². The number of hydrogen-bond acceptors (Lipinski definition) is 7. The van der Waals surface area contributed by atoms with E-state index in [-0.39, 0.29) is 33.9 Å². The van der Waals surface area contributed by atoms with Crippen LogP contribution in [0.4, 0.5) is 17.2 Å². The first kappa shape index (κ1) is 16.0. The van der Waals surface area contributed by atoms with Crippen LogP contribution in [0, 0.1) is 5.21 Å². The highest BCUT2D eigenvalue weighted by atomic mass is 32.2. The number of nitrogens with one attached hydrogen (secondary N) is 3. The molecule has 1 unspecified atom stereocenters. The number of aromatic amines is 1. The zero-order chi connectivity index (χ0) is 16.1. The van der Waals surface area contributed by atoms with Gasteiger partial charge in [0, 0.05) is 23.9 Å². The highest BCUT2D eigenvalue weighted by molar-refractivity contribution is 7.99. The fourth-order valence-electron chi connectivity index (χ4n) is 1.55. The van der Waals surface area contributed by atoms with Crippen molar-refractivity contribution < 1.29 is 15.2 Å². The van der Waals surface area contributed by atoms with E-state index in [9.17, 15) is 14.8 Å². The van der Waals surface area contributed by atoms with Crippen molar-refractivity contribution in [2.75, 3.05) is 16.8 Å². The summed E-state index contributed by atoms with van der Waals surface area (Å²) in [6, 6.07) is 6.91. The lowest BCUT2D eigenvalue weighted by atomic mass is 10.3. The molecule has 10 heteroatoms. The van der Waals surface area contributed by atoms with Gasteiger partial charge in [0.15, 0.2) is 10.8 Å². The predicted octanol–water partition coefficient (Wildman–Crippen LogP) is -0.514. The fourth-order valence-corrected chi connectivity index (χ4v) is 2.23. The Morgan fingerprint density at radius 2 is 2.14 bits per heavy atom. The van der Waals surface area contributed by atoms with E-state index in [4.69, 9.17) is 10.9 Å². The molecule has 1 heterocycles. The summed E-state index contributed by atoms with van der Waals surface area (Å²) in [5, 5.41) is 21.3. The molecule has 9 nitrogen and oxygen atoms in total. The minimum Gasteiger partial charge on any atom is -0.595 e. The zero-order valence-corrected chi connectivity index (χ0v) is 12.0. The molecule has 0 fully saturated rings. The number of quaternary nitrogens is 1. The van der Waals surface area contributed by atoms with Crippen LogP contribution in [0.3, 0.4) is 0 Å². The minimum absolute atomic E-state index is 0.0209. The van der Waals surface area contributed by atoms with Gasteiger partial charge in [-0.25, -0.2) is 10.2 Å². The highest BCUT2D eigenvalue weighted by Crippen LogP contribution is 2.14. The molecule has 2 aromatic rings. The van der Waals surface area contributed by atoms with Gasteiger partial charge in [0.1, 0.15) is 5.82 Å². The van der Waals surface area contributed by atoms with E-state index in [1.165, 1.54) is 24.3 Å². The summed E-state index contributed by atoms with van der Waals surface area (Å²) in [6.45, 7) is 0. The van der Waals surface area contributed by atoms with Gasteiger partial charge in [-0.1, -0.05) is 11.8 Å². The van der Waals surface area contributed by atoms with Gasteiger partial charge in [-0.3, -0.25) is 9.59 Å². The van der Waals surface area contributed by atoms with Crippen molar-refractivity contribution in [3.8, 4) is 0 Å². The lowest BCUT2D eigenvalue weighted by molar-refractivity contribution is -0.991. The quantitative estimate of drug-likeness (QED) is 0.282. The molecule has 2 rings (SSSR count). The third kappa shape index (κ3) is 4.56. The molecular weight excluding hydrogens is 310 g/mol. The van der Waals surface area contributed by atoms with Crippen LogP contribution in [0.15, 0.2) is 40.3 Å². The number of rotatable bonds is 5. The molecule has 0 aliphatic heterocycles. The number of nitrogens with zero attached hydrogens (tertiary/aromatic N) is 1. The van der Waals surface area contributed by atoms with Crippen molar-refractivity contribution in [2.24, 2.45) is 0 Å². The number of aromatic nitrogens is 2. The summed E-state index contributed by atoms with van der Waals surface area (Å²) in [4.78, 5) is 29.3. The van der Waals surface area contributed by atoms with E-state index < -0.39 is 5.23 Å². The van der Waals surface area contributed by atoms with Crippen LogP contribution in [0.5, 0.6) is 0 Å². The summed E-state index contributed by atoms with van der Waals surface area (Å²) in [6.07, 6.45) is 0. The first-order valence-electron chi connectivity index (χ1n) is 6.07. The summed E-state index contributed by atoms with van der Waals surface area (Å²) in [5.74, 6) is -0.221. The van der Waals surface area contributed by atoms with Gasteiger partial charge in [-0.2, -0.15) is 5.23 Å². The minimum atomic E-state index is -1.04. The maximum Gasteiger partial charge on any atom is 0.253 e. The van der Waals surface area contributed by atoms with Crippen molar-refractivity contribution in [1.29, 1.82) is 0 Å². The summed E-state index contributed by atoms with van der Waals surface area (Å²) < 4.78 is 0. The molecule has 0 spiro atoms. The predicted molar refractivity (Wildman–Crippen MR) is 80.8 cm³/mol. The molecule has 1 aromatic carbocycles. The van der Waals surface area contributed by atoms with E-state index in [1.807, 2.05) is 0 Å². The molecule has 0 saturated carbocycles.